The number of halogens is 1. The number of nitrogens with zero attached hydrogens (tertiary/aromatic N) is 3. The second kappa shape index (κ2) is 10.9. The molecular formula is C27H27ClN4O3S. The number of aryl methyl sites for hydroxylation is 1. The summed E-state index contributed by atoms with van der Waals surface area (Å²) in [6, 6.07) is 13.3. The SMILES string of the molecule is CCc1nc2ccc(Nc3ncc(CC(=O)C4CCOCC4)c(=O)n3Cc3ccc(Cl)cc3)cc2s1. The first-order chi connectivity index (χ1) is 17.5. The predicted octanol–water partition coefficient (Wildman–Crippen LogP) is 5.40. The Labute approximate surface area is 218 Å². The van der Waals surface area contributed by atoms with Gasteiger partial charge in [-0.15, -0.1) is 11.3 Å². The molecule has 7 nitrogen and oxygen atoms in total. The molecular weight excluding hydrogens is 496 g/mol. The van der Waals surface area contributed by atoms with E-state index in [4.69, 9.17) is 16.3 Å². The topological polar surface area (TPSA) is 86.1 Å². The number of benzene rings is 2. The predicted molar refractivity (Wildman–Crippen MR) is 144 cm³/mol. The van der Waals surface area contributed by atoms with Crippen molar-refractivity contribution < 1.29 is 9.53 Å². The molecule has 0 aliphatic carbocycles. The first-order valence-corrected chi connectivity index (χ1v) is 13.3. The van der Waals surface area contributed by atoms with Crippen LogP contribution in [0.3, 0.4) is 0 Å². The van der Waals surface area contributed by atoms with Crippen LogP contribution in [0.2, 0.25) is 5.02 Å². The molecule has 1 N–H and O–H groups in total. The largest absolute Gasteiger partial charge is 0.381 e. The molecule has 2 aromatic heterocycles. The zero-order valence-electron chi connectivity index (χ0n) is 20.0. The molecule has 4 aromatic rings. The third-order valence-corrected chi connectivity index (χ3v) is 7.82. The maximum Gasteiger partial charge on any atom is 0.258 e. The first kappa shape index (κ1) is 24.6. The van der Waals surface area contributed by atoms with Gasteiger partial charge in [-0.25, -0.2) is 9.97 Å². The standard InChI is InChI=1S/C27H27ClN4O3S/c1-2-25-31-22-8-7-21(14-24(22)36-25)30-27-29-15-19(13-23(33)18-9-11-35-12-10-18)26(34)32(27)16-17-3-5-20(28)6-4-17/h3-8,14-15,18H,2,9-13,16H2,1H3,(H,29,30). The molecule has 3 heterocycles. The van der Waals surface area contributed by atoms with Gasteiger partial charge in [0.1, 0.15) is 5.78 Å². The lowest BCUT2D eigenvalue weighted by Gasteiger charge is -2.21. The second-order valence-corrected chi connectivity index (χ2v) is 10.5. The van der Waals surface area contributed by atoms with E-state index >= 15 is 0 Å². The van der Waals surface area contributed by atoms with E-state index in [0.717, 1.165) is 32.9 Å². The lowest BCUT2D eigenvalue weighted by Crippen LogP contribution is -2.31. The van der Waals surface area contributed by atoms with Crippen LogP contribution in [0.1, 0.15) is 35.9 Å². The molecule has 186 valence electrons. The number of ether oxygens (including phenoxy) is 1. The van der Waals surface area contributed by atoms with Gasteiger partial charge in [-0.2, -0.15) is 0 Å². The van der Waals surface area contributed by atoms with Gasteiger partial charge in [-0.05, 0) is 55.2 Å². The van der Waals surface area contributed by atoms with Gasteiger partial charge in [0, 0.05) is 48.0 Å². The number of fused-ring (bicyclic) bond motifs is 1. The number of hydrogen-bond acceptors (Lipinski definition) is 7. The molecule has 1 fully saturated rings. The number of nitrogens with one attached hydrogen (secondary N) is 1. The Kier molecular flexibility index (Phi) is 7.46. The van der Waals surface area contributed by atoms with Gasteiger partial charge in [-0.1, -0.05) is 30.7 Å². The summed E-state index contributed by atoms with van der Waals surface area (Å²) < 4.78 is 8.03. The molecule has 0 amide bonds. The van der Waals surface area contributed by atoms with Crippen LogP contribution >= 0.6 is 22.9 Å². The van der Waals surface area contributed by atoms with Crippen LogP contribution in [-0.2, 0) is 28.9 Å². The minimum atomic E-state index is -0.227. The number of carbonyl (C=O) groups is 1. The Balaban J connectivity index is 1.47. The summed E-state index contributed by atoms with van der Waals surface area (Å²) in [7, 11) is 0. The van der Waals surface area contributed by atoms with Crippen molar-refractivity contribution in [1.82, 2.24) is 14.5 Å². The Bertz CT molecular complexity index is 1440. The van der Waals surface area contributed by atoms with Crippen molar-refractivity contribution in [3.63, 3.8) is 0 Å². The van der Waals surface area contributed by atoms with E-state index in [-0.39, 0.29) is 23.7 Å². The lowest BCUT2D eigenvalue weighted by atomic mass is 9.92. The van der Waals surface area contributed by atoms with Crippen molar-refractivity contribution in [1.29, 1.82) is 0 Å². The van der Waals surface area contributed by atoms with Gasteiger partial charge < -0.3 is 10.1 Å². The number of anilines is 2. The molecule has 1 aliphatic heterocycles. The van der Waals surface area contributed by atoms with Gasteiger partial charge >= 0.3 is 0 Å². The normalized spacial score (nSPS) is 14.3. The Morgan fingerprint density at radius 1 is 1.19 bits per heavy atom. The summed E-state index contributed by atoms with van der Waals surface area (Å²) in [6.45, 7) is 3.56. The van der Waals surface area contributed by atoms with Crippen LogP contribution in [0, 0.1) is 5.92 Å². The number of Topliss-reactive ketones (excluding diaryl/α,β-unsaturated/α-hetero) is 1. The van der Waals surface area contributed by atoms with E-state index in [1.165, 1.54) is 6.20 Å². The third-order valence-electron chi connectivity index (χ3n) is 6.40. The average molecular weight is 523 g/mol. The average Bonchev–Trinajstić information content (AvgIpc) is 3.32. The summed E-state index contributed by atoms with van der Waals surface area (Å²) in [5, 5.41) is 5.02. The zero-order valence-corrected chi connectivity index (χ0v) is 21.6. The van der Waals surface area contributed by atoms with Crippen molar-refractivity contribution in [3.05, 3.63) is 80.2 Å². The van der Waals surface area contributed by atoms with Crippen LogP contribution in [-0.4, -0.2) is 33.5 Å². The first-order valence-electron chi connectivity index (χ1n) is 12.1. The number of carbonyl (C=O) groups excluding carboxylic acids is 1. The van der Waals surface area contributed by atoms with Crippen LogP contribution < -0.4 is 10.9 Å². The third kappa shape index (κ3) is 5.51. The Morgan fingerprint density at radius 2 is 1.97 bits per heavy atom. The summed E-state index contributed by atoms with van der Waals surface area (Å²) in [4.78, 5) is 35.7. The fraction of sp³-hybridized carbons (Fsp3) is 0.333. The highest BCUT2D eigenvalue weighted by atomic mass is 35.5. The van der Waals surface area contributed by atoms with Crippen LogP contribution in [0.25, 0.3) is 10.2 Å². The van der Waals surface area contributed by atoms with Crippen LogP contribution in [0.15, 0.2) is 53.5 Å². The van der Waals surface area contributed by atoms with Crippen LogP contribution in [0.5, 0.6) is 0 Å². The van der Waals surface area contributed by atoms with Gasteiger partial charge in [0.2, 0.25) is 5.95 Å². The summed E-state index contributed by atoms with van der Waals surface area (Å²) in [6.07, 6.45) is 3.89. The monoisotopic (exact) mass is 522 g/mol. The van der Waals surface area contributed by atoms with Gasteiger partial charge in [-0.3, -0.25) is 14.2 Å². The number of rotatable bonds is 8. The Hall–Kier alpha value is -3.07. The second-order valence-electron chi connectivity index (χ2n) is 8.92. The summed E-state index contributed by atoms with van der Waals surface area (Å²) in [5.41, 5.74) is 2.85. The molecule has 0 atom stereocenters. The molecule has 0 radical (unpaired) electrons. The fourth-order valence-corrected chi connectivity index (χ4v) is 5.43. The van der Waals surface area contributed by atoms with Crippen LogP contribution in [0.4, 0.5) is 11.6 Å². The molecule has 9 heteroatoms. The molecule has 0 saturated carbocycles. The quantitative estimate of drug-likeness (QED) is 0.333. The smallest absolute Gasteiger partial charge is 0.258 e. The van der Waals surface area contributed by atoms with E-state index in [1.807, 2.05) is 30.3 Å². The highest BCUT2D eigenvalue weighted by Gasteiger charge is 2.23. The van der Waals surface area contributed by atoms with Gasteiger partial charge in [0.25, 0.3) is 5.56 Å². The highest BCUT2D eigenvalue weighted by Crippen LogP contribution is 2.27. The summed E-state index contributed by atoms with van der Waals surface area (Å²) >= 11 is 7.71. The molecule has 5 rings (SSSR count). The number of aromatic nitrogens is 3. The molecule has 0 spiro atoms. The van der Waals surface area contributed by atoms with Crippen molar-refractivity contribution >= 4 is 50.6 Å². The van der Waals surface area contributed by atoms with E-state index < -0.39 is 0 Å². The summed E-state index contributed by atoms with van der Waals surface area (Å²) in [5.74, 6) is 0.412. The molecule has 0 unspecified atom stereocenters. The zero-order chi connectivity index (χ0) is 25.1. The molecule has 1 saturated heterocycles. The van der Waals surface area contributed by atoms with Crippen molar-refractivity contribution in [2.24, 2.45) is 5.92 Å². The van der Waals surface area contributed by atoms with E-state index in [1.54, 1.807) is 28.0 Å². The van der Waals surface area contributed by atoms with E-state index in [0.29, 0.717) is 49.1 Å². The number of hydrogen-bond donors (Lipinski definition) is 1. The van der Waals surface area contributed by atoms with E-state index in [9.17, 15) is 9.59 Å². The van der Waals surface area contributed by atoms with E-state index in [2.05, 4.69) is 22.2 Å². The van der Waals surface area contributed by atoms with Gasteiger partial charge in [0.05, 0.1) is 21.8 Å². The number of thiazole rings is 1. The lowest BCUT2D eigenvalue weighted by molar-refractivity contribution is -0.125. The maximum absolute atomic E-state index is 13.6. The van der Waals surface area contributed by atoms with Crippen molar-refractivity contribution in [2.45, 2.75) is 39.2 Å². The van der Waals surface area contributed by atoms with Crippen molar-refractivity contribution in [3.8, 4) is 0 Å². The number of ketones is 1. The fourth-order valence-electron chi connectivity index (χ4n) is 4.36. The Morgan fingerprint density at radius 3 is 2.72 bits per heavy atom. The van der Waals surface area contributed by atoms with Gasteiger partial charge in [0.15, 0.2) is 0 Å². The highest BCUT2D eigenvalue weighted by molar-refractivity contribution is 7.18. The molecule has 1 aliphatic rings. The molecule has 2 aromatic carbocycles. The van der Waals surface area contributed by atoms with Crippen molar-refractivity contribution in [2.75, 3.05) is 18.5 Å². The minimum Gasteiger partial charge on any atom is -0.381 e. The molecule has 36 heavy (non-hydrogen) atoms. The molecule has 0 bridgehead atoms. The maximum atomic E-state index is 13.6. The minimum absolute atomic E-state index is 0.0679.